The number of hydrogen-bond donors (Lipinski definition) is 2. The smallest absolute Gasteiger partial charge is 0.178 e. The molecule has 2 aromatic heterocycles. The van der Waals surface area contributed by atoms with Crippen LogP contribution < -0.4 is 5.73 Å². The van der Waals surface area contributed by atoms with E-state index in [1.165, 1.54) is 0 Å². The zero-order chi connectivity index (χ0) is 11.0. The lowest BCUT2D eigenvalue weighted by atomic mass is 10.2. The number of hydrogen-bond acceptors (Lipinski definition) is 3. The molecule has 3 N–H and O–H groups in total. The highest BCUT2D eigenvalue weighted by atomic mass is 15.0. The maximum Gasteiger partial charge on any atom is 0.178 e. The van der Waals surface area contributed by atoms with Crippen LogP contribution in [0, 0.1) is 0 Å². The van der Waals surface area contributed by atoms with Gasteiger partial charge in [-0.25, -0.2) is 9.97 Å². The summed E-state index contributed by atoms with van der Waals surface area (Å²) in [6.45, 7) is 0. The summed E-state index contributed by atoms with van der Waals surface area (Å²) in [6, 6.07) is 11.5. The number of benzene rings is 1. The van der Waals surface area contributed by atoms with Crippen LogP contribution in [0.15, 0.2) is 42.6 Å². The van der Waals surface area contributed by atoms with Gasteiger partial charge in [0.05, 0.1) is 5.52 Å². The summed E-state index contributed by atoms with van der Waals surface area (Å²) in [5.74, 6) is 0.756. The molecule has 0 atom stereocenters. The molecule has 1 aromatic carbocycles. The third kappa shape index (κ3) is 1.32. The van der Waals surface area contributed by atoms with Gasteiger partial charge in [0.15, 0.2) is 5.65 Å². The van der Waals surface area contributed by atoms with Crippen molar-refractivity contribution in [2.75, 3.05) is 5.73 Å². The standard InChI is InChI=1S/C12H10N4/c13-9-5-2-1-4-8(9)11-15-10-6-3-7-14-12(10)16-11/h1-7H,13H2,(H,14,15,16). The first-order valence-corrected chi connectivity index (χ1v) is 5.00. The van der Waals surface area contributed by atoms with Crippen LogP contribution in [0.5, 0.6) is 0 Å². The van der Waals surface area contributed by atoms with Gasteiger partial charge in [-0.2, -0.15) is 0 Å². The van der Waals surface area contributed by atoms with Gasteiger partial charge >= 0.3 is 0 Å². The quantitative estimate of drug-likeness (QED) is 0.605. The predicted molar refractivity (Wildman–Crippen MR) is 63.7 cm³/mol. The largest absolute Gasteiger partial charge is 0.398 e. The number of anilines is 1. The summed E-state index contributed by atoms with van der Waals surface area (Å²) in [7, 11) is 0. The molecule has 0 aliphatic carbocycles. The number of nitrogens with zero attached hydrogens (tertiary/aromatic N) is 2. The Labute approximate surface area is 92.2 Å². The number of nitrogen functional groups attached to an aromatic ring is 1. The first-order valence-electron chi connectivity index (χ1n) is 5.00. The van der Waals surface area contributed by atoms with Crippen LogP contribution in [0.1, 0.15) is 0 Å². The van der Waals surface area contributed by atoms with Gasteiger partial charge in [0.2, 0.25) is 0 Å². The highest BCUT2D eigenvalue weighted by molar-refractivity contribution is 5.79. The van der Waals surface area contributed by atoms with E-state index in [1.54, 1.807) is 6.20 Å². The molecule has 0 saturated heterocycles. The third-order valence-electron chi connectivity index (χ3n) is 2.47. The van der Waals surface area contributed by atoms with E-state index in [9.17, 15) is 0 Å². The molecular formula is C12H10N4. The van der Waals surface area contributed by atoms with Gasteiger partial charge in [0.25, 0.3) is 0 Å². The average Bonchev–Trinajstić information content (AvgIpc) is 2.73. The van der Waals surface area contributed by atoms with Crippen molar-refractivity contribution in [3.05, 3.63) is 42.6 Å². The van der Waals surface area contributed by atoms with Gasteiger partial charge in [-0.15, -0.1) is 0 Å². The number of nitrogens with two attached hydrogens (primary N) is 1. The minimum Gasteiger partial charge on any atom is -0.398 e. The molecule has 0 aliphatic heterocycles. The molecule has 0 unspecified atom stereocenters. The Balaban J connectivity index is 2.23. The van der Waals surface area contributed by atoms with Crippen LogP contribution in [-0.4, -0.2) is 15.0 Å². The zero-order valence-corrected chi connectivity index (χ0v) is 8.51. The summed E-state index contributed by atoms with van der Waals surface area (Å²) in [5.41, 5.74) is 9.13. The third-order valence-corrected chi connectivity index (χ3v) is 2.47. The van der Waals surface area contributed by atoms with Crippen LogP contribution >= 0.6 is 0 Å². The number of H-pyrrole nitrogens is 1. The highest BCUT2D eigenvalue weighted by Crippen LogP contribution is 2.24. The van der Waals surface area contributed by atoms with E-state index in [4.69, 9.17) is 5.73 Å². The van der Waals surface area contributed by atoms with E-state index in [0.29, 0.717) is 11.3 Å². The number of aromatic nitrogens is 3. The maximum atomic E-state index is 5.89. The van der Waals surface area contributed by atoms with Crippen molar-refractivity contribution < 1.29 is 0 Å². The topological polar surface area (TPSA) is 67.6 Å². The Morgan fingerprint density at radius 1 is 1.06 bits per heavy atom. The Morgan fingerprint density at radius 3 is 2.75 bits per heavy atom. The fourth-order valence-electron chi connectivity index (χ4n) is 1.69. The normalized spacial score (nSPS) is 10.8. The molecule has 78 valence electrons. The van der Waals surface area contributed by atoms with Crippen molar-refractivity contribution in [3.63, 3.8) is 0 Å². The van der Waals surface area contributed by atoms with Gasteiger partial charge in [0.1, 0.15) is 5.82 Å². The Hall–Kier alpha value is -2.36. The highest BCUT2D eigenvalue weighted by Gasteiger charge is 2.07. The lowest BCUT2D eigenvalue weighted by Crippen LogP contribution is -1.90. The fraction of sp³-hybridized carbons (Fsp3) is 0. The number of imidazole rings is 1. The lowest BCUT2D eigenvalue weighted by molar-refractivity contribution is 1.30. The molecule has 0 saturated carbocycles. The SMILES string of the molecule is Nc1ccccc1-c1nc2ncccc2[nH]1. The molecule has 3 rings (SSSR count). The molecule has 3 aromatic rings. The Kier molecular flexibility index (Phi) is 1.86. The van der Waals surface area contributed by atoms with Crippen LogP contribution in [-0.2, 0) is 0 Å². The van der Waals surface area contributed by atoms with Crippen molar-refractivity contribution in [2.24, 2.45) is 0 Å². The van der Waals surface area contributed by atoms with Crippen LogP contribution in [0.2, 0.25) is 0 Å². The van der Waals surface area contributed by atoms with Crippen LogP contribution in [0.25, 0.3) is 22.6 Å². The Morgan fingerprint density at radius 2 is 1.94 bits per heavy atom. The van der Waals surface area contributed by atoms with Gasteiger partial charge < -0.3 is 10.7 Å². The molecule has 4 nitrogen and oxygen atoms in total. The van der Waals surface area contributed by atoms with Crippen molar-refractivity contribution in [1.82, 2.24) is 15.0 Å². The number of fused-ring (bicyclic) bond motifs is 1. The summed E-state index contributed by atoms with van der Waals surface area (Å²) >= 11 is 0. The van der Waals surface area contributed by atoms with Gasteiger partial charge in [-0.1, -0.05) is 12.1 Å². The summed E-state index contributed by atoms with van der Waals surface area (Å²) in [5, 5.41) is 0. The number of aromatic amines is 1. The van der Waals surface area contributed by atoms with Crippen molar-refractivity contribution in [3.8, 4) is 11.4 Å². The number of nitrogens with one attached hydrogen (secondary N) is 1. The number of para-hydroxylation sites is 1. The second kappa shape index (κ2) is 3.34. The molecule has 4 heteroatoms. The molecule has 16 heavy (non-hydrogen) atoms. The van der Waals surface area contributed by atoms with E-state index < -0.39 is 0 Å². The molecular weight excluding hydrogens is 200 g/mol. The minimum absolute atomic E-state index is 0.709. The van der Waals surface area contributed by atoms with Crippen molar-refractivity contribution in [1.29, 1.82) is 0 Å². The van der Waals surface area contributed by atoms with E-state index in [-0.39, 0.29) is 0 Å². The first-order chi connectivity index (χ1) is 7.84. The summed E-state index contributed by atoms with van der Waals surface area (Å²) in [4.78, 5) is 11.8. The molecule has 0 amide bonds. The Bertz CT molecular complexity index is 609. The van der Waals surface area contributed by atoms with E-state index in [0.717, 1.165) is 16.9 Å². The van der Waals surface area contributed by atoms with E-state index in [2.05, 4.69) is 15.0 Å². The molecule has 0 aliphatic rings. The van der Waals surface area contributed by atoms with Gasteiger partial charge in [0, 0.05) is 17.4 Å². The average molecular weight is 210 g/mol. The van der Waals surface area contributed by atoms with Crippen molar-refractivity contribution >= 4 is 16.9 Å². The zero-order valence-electron chi connectivity index (χ0n) is 8.51. The maximum absolute atomic E-state index is 5.89. The second-order valence-corrected chi connectivity index (χ2v) is 3.55. The summed E-state index contributed by atoms with van der Waals surface area (Å²) < 4.78 is 0. The van der Waals surface area contributed by atoms with E-state index in [1.807, 2.05) is 36.4 Å². The lowest BCUT2D eigenvalue weighted by Gasteiger charge is -1.99. The second-order valence-electron chi connectivity index (χ2n) is 3.55. The monoisotopic (exact) mass is 210 g/mol. The molecule has 0 spiro atoms. The molecule has 0 bridgehead atoms. The molecule has 0 radical (unpaired) electrons. The first kappa shape index (κ1) is 8.91. The molecule has 2 heterocycles. The number of pyridine rings is 1. The summed E-state index contributed by atoms with van der Waals surface area (Å²) in [6.07, 6.45) is 1.72. The number of rotatable bonds is 1. The van der Waals surface area contributed by atoms with Crippen LogP contribution in [0.3, 0.4) is 0 Å². The van der Waals surface area contributed by atoms with Crippen molar-refractivity contribution in [2.45, 2.75) is 0 Å². The fourth-order valence-corrected chi connectivity index (χ4v) is 1.69. The van der Waals surface area contributed by atoms with Crippen LogP contribution in [0.4, 0.5) is 5.69 Å². The van der Waals surface area contributed by atoms with E-state index >= 15 is 0 Å². The minimum atomic E-state index is 0.709. The van der Waals surface area contributed by atoms with Gasteiger partial charge in [-0.3, -0.25) is 0 Å². The predicted octanol–water partition coefficient (Wildman–Crippen LogP) is 2.21. The van der Waals surface area contributed by atoms with Gasteiger partial charge in [-0.05, 0) is 24.3 Å². The molecule has 0 fully saturated rings.